The molecule has 0 saturated heterocycles. The molecule has 0 aliphatic rings. The van der Waals surface area contributed by atoms with Crippen molar-refractivity contribution in [3.63, 3.8) is 0 Å². The Morgan fingerprint density at radius 1 is 0.364 bits per heavy atom. The molecule has 5 aromatic carbocycles. The third-order valence-electron chi connectivity index (χ3n) is 7.69. The van der Waals surface area contributed by atoms with Crippen molar-refractivity contribution in [2.45, 2.75) is 26.4 Å². The molecule has 0 aliphatic carbocycles. The first-order valence-corrected chi connectivity index (χ1v) is 15.9. The number of ether oxygens (including phenoxy) is 4. The Bertz CT molecular complexity index is 1570. The Labute approximate surface area is 277 Å². The largest absolute Gasteiger partial charge is 0.380 e. The van der Waals surface area contributed by atoms with E-state index in [1.54, 1.807) is 28.4 Å². The van der Waals surface area contributed by atoms with Crippen LogP contribution in [0.1, 0.15) is 22.3 Å². The number of benzene rings is 5. The van der Waals surface area contributed by atoms with Crippen molar-refractivity contribution in [2.24, 2.45) is 0 Å². The minimum Gasteiger partial charge on any atom is -0.380 e. The van der Waals surface area contributed by atoms with Gasteiger partial charge in [0, 0.05) is 37.4 Å². The van der Waals surface area contributed by atoms with Crippen LogP contribution in [-0.2, 0) is 45.4 Å². The summed E-state index contributed by atoms with van der Waals surface area (Å²) in [5, 5.41) is 0. The summed E-state index contributed by atoms with van der Waals surface area (Å²) >= 11 is 7.35. The van der Waals surface area contributed by atoms with E-state index in [1.807, 2.05) is 0 Å². The first kappa shape index (κ1) is 32.3. The molecule has 5 aromatic rings. The van der Waals surface area contributed by atoms with E-state index in [0.29, 0.717) is 26.4 Å². The van der Waals surface area contributed by atoms with Crippen LogP contribution in [-0.4, -0.2) is 28.4 Å². The minimum absolute atomic E-state index is 0.539. The van der Waals surface area contributed by atoms with Crippen LogP contribution in [0, 0.1) is 0 Å². The van der Waals surface area contributed by atoms with Gasteiger partial charge in [0.1, 0.15) is 0 Å². The highest BCUT2D eigenvalue weighted by molar-refractivity contribution is 9.10. The van der Waals surface area contributed by atoms with Gasteiger partial charge in [0.2, 0.25) is 0 Å². The normalized spacial score (nSPS) is 11.2. The van der Waals surface area contributed by atoms with E-state index in [1.165, 1.54) is 22.3 Å². The van der Waals surface area contributed by atoms with E-state index in [2.05, 4.69) is 129 Å². The molecule has 0 fully saturated rings. The zero-order valence-electron chi connectivity index (χ0n) is 25.5. The highest BCUT2D eigenvalue weighted by atomic mass is 79.9. The SMILES string of the molecule is COCc1cc(-c2ccc(-c3ccc(-c4ccc(-c5cc(COC)c(Br)cc5COC)cc4)cc3)cc2)c(COC)cc1Br. The van der Waals surface area contributed by atoms with Crippen molar-refractivity contribution in [1.82, 2.24) is 0 Å². The summed E-state index contributed by atoms with van der Waals surface area (Å²) in [7, 11) is 6.88. The lowest BCUT2D eigenvalue weighted by Gasteiger charge is -2.15. The van der Waals surface area contributed by atoms with E-state index in [-0.39, 0.29) is 0 Å². The summed E-state index contributed by atoms with van der Waals surface area (Å²) in [5.41, 5.74) is 13.8. The molecule has 0 bridgehead atoms. The Balaban J connectivity index is 1.37. The Morgan fingerprint density at radius 2 is 0.614 bits per heavy atom. The predicted octanol–water partition coefficient (Wildman–Crippen LogP) is 10.5. The molecule has 0 aromatic heterocycles. The number of hydrogen-bond donors (Lipinski definition) is 0. The van der Waals surface area contributed by atoms with Gasteiger partial charge in [0.05, 0.1) is 26.4 Å². The van der Waals surface area contributed by atoms with Gasteiger partial charge in [-0.1, -0.05) is 105 Å². The summed E-state index contributed by atoms with van der Waals surface area (Å²) in [6.07, 6.45) is 0. The minimum atomic E-state index is 0.539. The lowest BCUT2D eigenvalue weighted by Crippen LogP contribution is -1.97. The van der Waals surface area contributed by atoms with Gasteiger partial charge in [0.25, 0.3) is 0 Å². The van der Waals surface area contributed by atoms with Crippen LogP contribution in [0.2, 0.25) is 0 Å². The number of rotatable bonds is 12. The zero-order chi connectivity index (χ0) is 31.1. The van der Waals surface area contributed by atoms with E-state index in [4.69, 9.17) is 18.9 Å². The van der Waals surface area contributed by atoms with E-state index in [0.717, 1.165) is 53.5 Å². The molecule has 0 spiro atoms. The van der Waals surface area contributed by atoms with Gasteiger partial charge in [0.15, 0.2) is 0 Å². The summed E-state index contributed by atoms with van der Waals surface area (Å²) < 4.78 is 23.8. The third-order valence-corrected chi connectivity index (χ3v) is 9.16. The molecule has 44 heavy (non-hydrogen) atoms. The summed E-state index contributed by atoms with van der Waals surface area (Å²) in [5.74, 6) is 0. The average Bonchev–Trinajstić information content (AvgIpc) is 3.04. The smallest absolute Gasteiger partial charge is 0.0724 e. The monoisotopic (exact) mass is 714 g/mol. The van der Waals surface area contributed by atoms with Gasteiger partial charge < -0.3 is 18.9 Å². The number of halogens is 2. The Hall–Kier alpha value is -3.10. The first-order valence-electron chi connectivity index (χ1n) is 14.4. The van der Waals surface area contributed by atoms with Crippen LogP contribution in [0.15, 0.2) is 106 Å². The molecule has 0 unspecified atom stereocenters. The highest BCUT2D eigenvalue weighted by Gasteiger charge is 2.13. The standard InChI is InChI=1S/C38H36Br2O4/c1-41-21-31-19-37(39)33(23-43-3)17-35(31)29-13-9-27(10-14-29)25-5-7-26(8-6-25)28-11-15-30(16-12-28)36-18-34(24-44-4)38(40)20-32(36)22-42-2/h5-20H,21-24H2,1-4H3. The van der Waals surface area contributed by atoms with Crippen LogP contribution < -0.4 is 0 Å². The Kier molecular flexibility index (Phi) is 11.2. The van der Waals surface area contributed by atoms with Crippen LogP contribution >= 0.6 is 31.9 Å². The summed E-state index contributed by atoms with van der Waals surface area (Å²) in [6.45, 7) is 2.17. The molecule has 6 heteroatoms. The fourth-order valence-corrected chi connectivity index (χ4v) is 6.49. The molecule has 4 nitrogen and oxygen atoms in total. The highest BCUT2D eigenvalue weighted by Crippen LogP contribution is 2.35. The van der Waals surface area contributed by atoms with Crippen molar-refractivity contribution in [1.29, 1.82) is 0 Å². The van der Waals surface area contributed by atoms with Crippen LogP contribution in [0.25, 0.3) is 44.5 Å². The lowest BCUT2D eigenvalue weighted by atomic mass is 9.94. The fourth-order valence-electron chi connectivity index (χ4n) is 5.48. The van der Waals surface area contributed by atoms with Gasteiger partial charge in [-0.05, 0) is 91.0 Å². The molecular weight excluding hydrogens is 680 g/mol. The van der Waals surface area contributed by atoms with E-state index in [9.17, 15) is 0 Å². The second-order valence-electron chi connectivity index (χ2n) is 10.7. The van der Waals surface area contributed by atoms with Crippen molar-refractivity contribution >= 4 is 31.9 Å². The summed E-state index contributed by atoms with van der Waals surface area (Å²) in [4.78, 5) is 0. The van der Waals surface area contributed by atoms with Crippen molar-refractivity contribution in [2.75, 3.05) is 28.4 Å². The fraction of sp³-hybridized carbons (Fsp3) is 0.211. The van der Waals surface area contributed by atoms with E-state index < -0.39 is 0 Å². The molecule has 0 saturated carbocycles. The molecule has 0 aliphatic heterocycles. The van der Waals surface area contributed by atoms with Gasteiger partial charge >= 0.3 is 0 Å². The molecule has 0 radical (unpaired) electrons. The molecule has 0 atom stereocenters. The number of methoxy groups -OCH3 is 4. The van der Waals surface area contributed by atoms with Crippen LogP contribution in [0.3, 0.4) is 0 Å². The second kappa shape index (κ2) is 15.3. The maximum Gasteiger partial charge on any atom is 0.0724 e. The van der Waals surface area contributed by atoms with Gasteiger partial charge in [-0.2, -0.15) is 0 Å². The topological polar surface area (TPSA) is 36.9 Å². The van der Waals surface area contributed by atoms with Crippen molar-refractivity contribution < 1.29 is 18.9 Å². The summed E-state index contributed by atoms with van der Waals surface area (Å²) in [6, 6.07) is 34.8. The van der Waals surface area contributed by atoms with Crippen molar-refractivity contribution in [3.8, 4) is 44.5 Å². The van der Waals surface area contributed by atoms with Crippen LogP contribution in [0.4, 0.5) is 0 Å². The molecule has 226 valence electrons. The number of hydrogen-bond acceptors (Lipinski definition) is 4. The van der Waals surface area contributed by atoms with Gasteiger partial charge in [-0.15, -0.1) is 0 Å². The molecule has 0 N–H and O–H groups in total. The molecular formula is C38H36Br2O4. The van der Waals surface area contributed by atoms with Crippen molar-refractivity contribution in [3.05, 3.63) is 128 Å². The maximum atomic E-state index is 5.48. The van der Waals surface area contributed by atoms with Crippen LogP contribution in [0.5, 0.6) is 0 Å². The molecule has 0 amide bonds. The average molecular weight is 717 g/mol. The molecule has 0 heterocycles. The quantitative estimate of drug-likeness (QED) is 0.129. The molecule has 5 rings (SSSR count). The Morgan fingerprint density at radius 3 is 0.886 bits per heavy atom. The van der Waals surface area contributed by atoms with Gasteiger partial charge in [-0.25, -0.2) is 0 Å². The first-order chi connectivity index (χ1) is 21.4. The predicted molar refractivity (Wildman–Crippen MR) is 186 cm³/mol. The second-order valence-corrected chi connectivity index (χ2v) is 12.4. The third kappa shape index (κ3) is 7.40. The van der Waals surface area contributed by atoms with E-state index >= 15 is 0 Å². The van der Waals surface area contributed by atoms with Gasteiger partial charge in [-0.3, -0.25) is 0 Å². The lowest BCUT2D eigenvalue weighted by molar-refractivity contribution is 0.182. The maximum absolute atomic E-state index is 5.48. The zero-order valence-corrected chi connectivity index (χ0v) is 28.6.